The molecule has 6 nitrogen and oxygen atoms in total. The molecule has 1 aliphatic carbocycles. The molecule has 0 heterocycles. The summed E-state index contributed by atoms with van der Waals surface area (Å²) in [7, 11) is -3.57. The molecule has 0 spiro atoms. The van der Waals surface area contributed by atoms with Crippen molar-refractivity contribution in [3.63, 3.8) is 0 Å². The molecule has 0 amide bonds. The van der Waals surface area contributed by atoms with Crippen molar-refractivity contribution >= 4 is 21.8 Å². The van der Waals surface area contributed by atoms with Crippen molar-refractivity contribution < 1.29 is 22.7 Å². The second-order valence-corrected chi connectivity index (χ2v) is 8.88. The average molecular weight is 401 g/mol. The summed E-state index contributed by atoms with van der Waals surface area (Å²) in [6.45, 7) is 5.37. The van der Waals surface area contributed by atoms with Gasteiger partial charge in [-0.2, -0.15) is 0 Å². The van der Waals surface area contributed by atoms with Gasteiger partial charge in [0.15, 0.2) is 6.61 Å². The van der Waals surface area contributed by atoms with Crippen LogP contribution in [0.15, 0.2) is 41.3 Å². The second kappa shape index (κ2) is 7.85. The summed E-state index contributed by atoms with van der Waals surface area (Å²) in [5.41, 5.74) is 3.65. The number of carbonyl (C=O) groups is 2. The Hall–Kier alpha value is -2.51. The maximum Gasteiger partial charge on any atom is 0.338 e. The minimum Gasteiger partial charge on any atom is -0.454 e. The summed E-state index contributed by atoms with van der Waals surface area (Å²) in [5.74, 6) is -0.948. The molecular weight excluding hydrogens is 378 g/mol. The van der Waals surface area contributed by atoms with E-state index >= 15 is 0 Å². The van der Waals surface area contributed by atoms with E-state index in [0.29, 0.717) is 5.56 Å². The number of rotatable bonds is 7. The number of carbonyl (C=O) groups excluding carboxylic acids is 2. The van der Waals surface area contributed by atoms with Crippen LogP contribution in [0.4, 0.5) is 0 Å². The van der Waals surface area contributed by atoms with E-state index in [4.69, 9.17) is 4.74 Å². The Morgan fingerprint density at radius 1 is 1.00 bits per heavy atom. The van der Waals surface area contributed by atoms with Crippen molar-refractivity contribution in [3.8, 4) is 0 Å². The zero-order valence-corrected chi connectivity index (χ0v) is 16.9. The highest BCUT2D eigenvalue weighted by molar-refractivity contribution is 7.89. The van der Waals surface area contributed by atoms with E-state index in [0.717, 1.165) is 29.5 Å². The molecule has 28 heavy (non-hydrogen) atoms. The molecule has 0 aliphatic heterocycles. The van der Waals surface area contributed by atoms with E-state index in [1.54, 1.807) is 6.07 Å². The molecule has 0 radical (unpaired) electrons. The monoisotopic (exact) mass is 401 g/mol. The van der Waals surface area contributed by atoms with Crippen LogP contribution in [0.25, 0.3) is 0 Å². The molecule has 1 fully saturated rings. The molecule has 7 heteroatoms. The van der Waals surface area contributed by atoms with Crippen LogP contribution in [-0.2, 0) is 14.8 Å². The average Bonchev–Trinajstić information content (AvgIpc) is 3.46. The third-order valence-electron chi connectivity index (χ3n) is 4.77. The van der Waals surface area contributed by atoms with Crippen molar-refractivity contribution in [2.24, 2.45) is 0 Å². The van der Waals surface area contributed by atoms with Gasteiger partial charge < -0.3 is 4.74 Å². The third kappa shape index (κ3) is 4.66. The van der Waals surface area contributed by atoms with E-state index in [2.05, 4.69) is 4.72 Å². The maximum atomic E-state index is 12.4. The molecule has 2 aromatic carbocycles. The van der Waals surface area contributed by atoms with Gasteiger partial charge in [0.1, 0.15) is 0 Å². The third-order valence-corrected chi connectivity index (χ3v) is 6.31. The van der Waals surface area contributed by atoms with Crippen LogP contribution in [0, 0.1) is 20.8 Å². The molecule has 148 valence electrons. The number of esters is 1. The highest BCUT2D eigenvalue weighted by atomic mass is 32.2. The van der Waals surface area contributed by atoms with E-state index in [-0.39, 0.29) is 28.9 Å². The van der Waals surface area contributed by atoms with Gasteiger partial charge in [0.25, 0.3) is 0 Å². The minimum atomic E-state index is -3.57. The first-order chi connectivity index (χ1) is 13.2. The lowest BCUT2D eigenvalue weighted by Gasteiger charge is -2.10. The highest BCUT2D eigenvalue weighted by Gasteiger charge is 2.28. The van der Waals surface area contributed by atoms with E-state index in [1.165, 1.54) is 24.3 Å². The Balaban J connectivity index is 1.63. The molecule has 0 bridgehead atoms. The number of ketones is 1. The number of aryl methyl sites for hydroxylation is 3. The van der Waals surface area contributed by atoms with Gasteiger partial charge in [-0.25, -0.2) is 17.9 Å². The first-order valence-corrected chi connectivity index (χ1v) is 10.6. The fourth-order valence-corrected chi connectivity index (χ4v) is 4.12. The Labute approximate surface area is 165 Å². The van der Waals surface area contributed by atoms with E-state index < -0.39 is 16.0 Å². The van der Waals surface area contributed by atoms with E-state index in [9.17, 15) is 18.0 Å². The van der Waals surface area contributed by atoms with Crippen LogP contribution >= 0.6 is 0 Å². The predicted molar refractivity (Wildman–Crippen MR) is 105 cm³/mol. The molecular formula is C21H23NO5S. The standard InChI is InChI=1S/C21H23NO5S/c1-13-10-15(3)19(11-14(13)2)20(23)12-27-21(24)16-4-8-18(9-5-16)28(25,26)22-17-6-7-17/h4-5,8-11,17,22H,6-7,12H2,1-3H3. The van der Waals surface area contributed by atoms with Crippen molar-refractivity contribution in [2.75, 3.05) is 6.61 Å². The van der Waals surface area contributed by atoms with Gasteiger partial charge in [-0.15, -0.1) is 0 Å². The molecule has 0 aromatic heterocycles. The molecule has 3 rings (SSSR count). The Kier molecular flexibility index (Phi) is 5.67. The number of sulfonamides is 1. The van der Waals surface area contributed by atoms with Crippen molar-refractivity contribution in [1.82, 2.24) is 4.72 Å². The van der Waals surface area contributed by atoms with Gasteiger partial charge >= 0.3 is 5.97 Å². The zero-order valence-electron chi connectivity index (χ0n) is 16.1. The summed E-state index contributed by atoms with van der Waals surface area (Å²) in [6.07, 6.45) is 1.69. The first-order valence-electron chi connectivity index (χ1n) is 9.08. The molecule has 1 aliphatic rings. The lowest BCUT2D eigenvalue weighted by Crippen LogP contribution is -2.25. The quantitative estimate of drug-likeness (QED) is 0.569. The van der Waals surface area contributed by atoms with E-state index in [1.807, 2.05) is 26.8 Å². The number of Topliss-reactive ketones (excluding diaryl/α,β-unsaturated/α-hetero) is 1. The van der Waals surface area contributed by atoms with Crippen LogP contribution in [0.1, 0.15) is 50.2 Å². The molecule has 0 unspecified atom stereocenters. The Morgan fingerprint density at radius 3 is 2.21 bits per heavy atom. The summed E-state index contributed by atoms with van der Waals surface area (Å²) in [6, 6.07) is 9.22. The van der Waals surface area contributed by atoms with Gasteiger partial charge in [0, 0.05) is 11.6 Å². The SMILES string of the molecule is Cc1cc(C)c(C(=O)COC(=O)c2ccc(S(=O)(=O)NC3CC3)cc2)cc1C. The van der Waals surface area contributed by atoms with Crippen LogP contribution in [0.3, 0.4) is 0 Å². The van der Waals surface area contributed by atoms with Gasteiger partial charge in [-0.3, -0.25) is 4.79 Å². The van der Waals surface area contributed by atoms with Crippen LogP contribution < -0.4 is 4.72 Å². The smallest absolute Gasteiger partial charge is 0.338 e. The van der Waals surface area contributed by atoms with Crippen LogP contribution in [0.2, 0.25) is 0 Å². The summed E-state index contributed by atoms with van der Waals surface area (Å²) >= 11 is 0. The maximum absolute atomic E-state index is 12.4. The number of ether oxygens (including phenoxy) is 1. The van der Waals surface area contributed by atoms with Gasteiger partial charge in [0.05, 0.1) is 10.5 Å². The second-order valence-electron chi connectivity index (χ2n) is 7.17. The van der Waals surface area contributed by atoms with Gasteiger partial charge in [0.2, 0.25) is 15.8 Å². The topological polar surface area (TPSA) is 89.5 Å². The fourth-order valence-electron chi connectivity index (χ4n) is 2.81. The lowest BCUT2D eigenvalue weighted by atomic mass is 9.98. The Morgan fingerprint density at radius 2 is 1.61 bits per heavy atom. The zero-order chi connectivity index (χ0) is 20.5. The molecule has 0 saturated heterocycles. The first kappa shape index (κ1) is 20.2. The molecule has 0 atom stereocenters. The normalized spacial score (nSPS) is 14.0. The summed E-state index contributed by atoms with van der Waals surface area (Å²) in [5, 5.41) is 0. The minimum absolute atomic E-state index is 0.00882. The lowest BCUT2D eigenvalue weighted by molar-refractivity contribution is 0.0474. The van der Waals surface area contributed by atoms with Crippen molar-refractivity contribution in [2.45, 2.75) is 44.6 Å². The van der Waals surface area contributed by atoms with Crippen molar-refractivity contribution in [3.05, 3.63) is 64.2 Å². The highest BCUT2D eigenvalue weighted by Crippen LogP contribution is 2.22. The fraction of sp³-hybridized carbons (Fsp3) is 0.333. The molecule has 2 aromatic rings. The summed E-state index contributed by atoms with van der Waals surface area (Å²) in [4.78, 5) is 24.7. The van der Waals surface area contributed by atoms with Crippen molar-refractivity contribution in [1.29, 1.82) is 0 Å². The number of hydrogen-bond acceptors (Lipinski definition) is 5. The predicted octanol–water partition coefficient (Wildman–Crippen LogP) is 3.09. The molecule has 1 N–H and O–H groups in total. The number of benzene rings is 2. The largest absolute Gasteiger partial charge is 0.454 e. The number of hydrogen-bond donors (Lipinski definition) is 1. The Bertz CT molecular complexity index is 1020. The number of nitrogens with one attached hydrogen (secondary N) is 1. The summed E-state index contributed by atoms with van der Waals surface area (Å²) < 4.78 is 32.0. The van der Waals surface area contributed by atoms with Gasteiger partial charge in [-0.05, 0) is 80.6 Å². The van der Waals surface area contributed by atoms with Gasteiger partial charge in [-0.1, -0.05) is 6.07 Å². The van der Waals surface area contributed by atoms with Crippen LogP contribution in [0.5, 0.6) is 0 Å². The van der Waals surface area contributed by atoms with Crippen LogP contribution in [-0.4, -0.2) is 32.8 Å². The molecule has 1 saturated carbocycles.